The SMILES string of the molecule is [N-]=O.[Ni][Br]. The summed E-state index contributed by atoms with van der Waals surface area (Å²) in [4.78, 5) is 7.25. The third kappa shape index (κ3) is 19.4. The molecule has 0 N–H and O–H groups in total. The topological polar surface area (TPSA) is 39.4 Å². The van der Waals surface area contributed by atoms with E-state index < -0.39 is 0 Å². The monoisotopic (exact) mass is 167 g/mol. The Morgan fingerprint density at radius 1 is 1.50 bits per heavy atom. The average Bonchev–Trinajstić information content (AvgIpc) is 1.50. The van der Waals surface area contributed by atoms with E-state index in [0.717, 1.165) is 0 Å². The van der Waals surface area contributed by atoms with E-state index in [9.17, 15) is 0 Å². The molecule has 0 rings (SSSR count). The van der Waals surface area contributed by atoms with Gasteiger partial charge in [0.2, 0.25) is 0 Å². The van der Waals surface area contributed by atoms with Gasteiger partial charge >= 0.3 is 27.9 Å². The molecule has 0 saturated carbocycles. The molecule has 0 aromatic carbocycles. The molecule has 0 aliphatic heterocycles. The second kappa shape index (κ2) is 72.0. The molecule has 0 aliphatic carbocycles. The molecule has 0 unspecified atom stereocenters. The number of hydrogen-bond acceptors (Lipinski definition) is 1. The third-order valence-electron chi connectivity index (χ3n) is 0. The standard InChI is InChI=1S/BrH.NO.Ni/c;1-2;/h1H;;/q;-1;+1/p-1. The zero-order valence-electron chi connectivity index (χ0n) is 1.55. The molecule has 0 bridgehead atoms. The summed E-state index contributed by atoms with van der Waals surface area (Å²) in [6.07, 6.45) is 0. The van der Waals surface area contributed by atoms with Crippen molar-refractivity contribution in [1.82, 2.24) is 0 Å². The molecule has 0 spiro atoms. The van der Waals surface area contributed by atoms with Crippen LogP contribution in [0.5, 0.6) is 0 Å². The van der Waals surface area contributed by atoms with Crippen molar-refractivity contribution in [3.8, 4) is 0 Å². The van der Waals surface area contributed by atoms with Crippen molar-refractivity contribution < 1.29 is 13.7 Å². The first-order valence-corrected chi connectivity index (χ1v) is 2.74. The van der Waals surface area contributed by atoms with E-state index in [1.54, 1.807) is 0 Å². The van der Waals surface area contributed by atoms with Crippen LogP contribution in [0.25, 0.3) is 5.59 Å². The number of hydrogen-bond donors (Lipinski definition) is 0. The van der Waals surface area contributed by atoms with Gasteiger partial charge in [-0.05, 0) is 0 Å². The molecule has 0 aromatic rings. The van der Waals surface area contributed by atoms with Gasteiger partial charge in [-0.2, -0.15) is 0 Å². The summed E-state index contributed by atoms with van der Waals surface area (Å²) in [5.74, 6) is 0. The van der Waals surface area contributed by atoms with Crippen molar-refractivity contribution in [2.24, 2.45) is 0 Å². The number of nitrogens with zero attached hydrogens (tertiary/aromatic N) is 1. The Morgan fingerprint density at radius 2 is 1.50 bits per heavy atom. The van der Waals surface area contributed by atoms with Gasteiger partial charge in [0.25, 0.3) is 0 Å². The van der Waals surface area contributed by atoms with Crippen LogP contribution in [0.1, 0.15) is 0 Å². The van der Waals surface area contributed by atoms with Crippen molar-refractivity contribution in [2.45, 2.75) is 0 Å². The van der Waals surface area contributed by atoms with Crippen LogP contribution >= 0.6 is 14.2 Å². The van der Waals surface area contributed by atoms with E-state index in [1.807, 2.05) is 0 Å². The molecule has 0 heterocycles. The molecule has 0 aliphatic rings. The molecule has 29 valence electrons. The summed E-state index contributed by atoms with van der Waals surface area (Å²) in [5, 5.41) is 0. The van der Waals surface area contributed by atoms with Gasteiger partial charge in [-0.25, -0.2) is 0 Å². The van der Waals surface area contributed by atoms with Crippen LogP contribution in [0.4, 0.5) is 0 Å². The van der Waals surface area contributed by atoms with Crippen molar-refractivity contribution in [1.29, 1.82) is 0 Å². The minimum absolute atomic E-state index is 2.56. The molecular formula is BrNNiO-. The summed E-state index contributed by atoms with van der Waals surface area (Å²) < 4.78 is 0. The Morgan fingerprint density at radius 3 is 1.50 bits per heavy atom. The van der Waals surface area contributed by atoms with Gasteiger partial charge in [-0.15, -0.1) is 0 Å². The molecule has 4 heavy (non-hydrogen) atoms. The summed E-state index contributed by atoms with van der Waals surface area (Å²) in [6, 6.07) is 0. The Labute approximate surface area is 38.9 Å². The van der Waals surface area contributed by atoms with Crippen LogP contribution in [0.3, 0.4) is 0 Å². The molecule has 0 saturated heterocycles. The van der Waals surface area contributed by atoms with Crippen molar-refractivity contribution >= 4 is 14.2 Å². The molecule has 2 nitrogen and oxygen atoms in total. The number of rotatable bonds is 0. The normalized spacial score (nSPS) is 2.75. The Hall–Kier alpha value is 0.574. The predicted octanol–water partition coefficient (Wildman–Crippen LogP) is 1.17. The van der Waals surface area contributed by atoms with E-state index in [2.05, 4.69) is 27.9 Å². The molecule has 0 fully saturated rings. The van der Waals surface area contributed by atoms with Crippen molar-refractivity contribution in [2.75, 3.05) is 0 Å². The fourth-order valence-electron chi connectivity index (χ4n) is 0. The zero-order valence-corrected chi connectivity index (χ0v) is 4.12. The summed E-state index contributed by atoms with van der Waals surface area (Å²) in [6.45, 7) is 0. The summed E-state index contributed by atoms with van der Waals surface area (Å²) in [5.41, 5.74) is 5.75. The second-order valence-corrected chi connectivity index (χ2v) is 0. The third-order valence-corrected chi connectivity index (χ3v) is 0. The van der Waals surface area contributed by atoms with Gasteiger partial charge in [0.05, 0.1) is 0 Å². The van der Waals surface area contributed by atoms with E-state index in [4.69, 9.17) is 10.5 Å². The van der Waals surface area contributed by atoms with E-state index >= 15 is 0 Å². The maximum absolute atomic E-state index is 7.25. The quantitative estimate of drug-likeness (QED) is 0.501. The fourth-order valence-corrected chi connectivity index (χ4v) is 0. The second-order valence-electron chi connectivity index (χ2n) is 0. The van der Waals surface area contributed by atoms with Crippen LogP contribution in [0, 0.1) is 4.91 Å². The van der Waals surface area contributed by atoms with Crippen LogP contribution < -0.4 is 0 Å². The van der Waals surface area contributed by atoms with Gasteiger partial charge in [0.1, 0.15) is 0 Å². The fraction of sp³-hybridized carbons (Fsp3) is 0. The minimum atomic E-state index is 2.56. The number of nitroso groups, excluding NO2 is 1. The zero-order chi connectivity index (χ0) is 4.00. The Balaban J connectivity index is 0. The van der Waals surface area contributed by atoms with Crippen LogP contribution in [0.2, 0.25) is 0 Å². The molecule has 0 radical (unpaired) electrons. The van der Waals surface area contributed by atoms with Crippen LogP contribution in [-0.2, 0) is 13.7 Å². The first-order valence-electron chi connectivity index (χ1n) is 0.302. The van der Waals surface area contributed by atoms with Crippen LogP contribution in [0.15, 0.2) is 0 Å². The molecular weight excluding hydrogens is 169 g/mol. The first kappa shape index (κ1) is 8.82. The van der Waals surface area contributed by atoms with E-state index in [1.165, 1.54) is 0 Å². The van der Waals surface area contributed by atoms with Gasteiger partial charge in [-0.1, -0.05) is 0 Å². The predicted molar refractivity (Wildman–Crippen MR) is 15.7 cm³/mol. The van der Waals surface area contributed by atoms with Gasteiger partial charge in [0.15, 0.2) is 0 Å². The van der Waals surface area contributed by atoms with Crippen LogP contribution in [-0.4, -0.2) is 0 Å². The number of halogens is 1. The molecule has 0 amide bonds. The molecule has 0 aromatic heterocycles. The van der Waals surface area contributed by atoms with Crippen molar-refractivity contribution in [3.63, 3.8) is 0 Å². The summed E-state index contributed by atoms with van der Waals surface area (Å²) in [7, 11) is 0. The maximum atomic E-state index is 7.25. The van der Waals surface area contributed by atoms with E-state index in [-0.39, 0.29) is 0 Å². The molecule has 0 atom stereocenters. The van der Waals surface area contributed by atoms with Crippen molar-refractivity contribution in [3.05, 3.63) is 10.5 Å². The first-order chi connectivity index (χ1) is 2.00. The Kier molecular flexibility index (Phi) is 159. The Bertz CT molecular complexity index is 8.00. The average molecular weight is 169 g/mol. The van der Waals surface area contributed by atoms with Gasteiger partial charge < -0.3 is 10.5 Å². The van der Waals surface area contributed by atoms with E-state index in [0.29, 0.717) is 0 Å². The molecule has 4 heteroatoms. The van der Waals surface area contributed by atoms with Gasteiger partial charge in [-0.3, -0.25) is 0 Å². The van der Waals surface area contributed by atoms with Gasteiger partial charge in [0, 0.05) is 0 Å². The summed E-state index contributed by atoms with van der Waals surface area (Å²) >= 11 is 6.25.